The third-order valence-corrected chi connectivity index (χ3v) is 2.17. The first-order chi connectivity index (χ1) is 7.69. The van der Waals surface area contributed by atoms with Crippen molar-refractivity contribution in [3.63, 3.8) is 0 Å². The zero-order valence-corrected chi connectivity index (χ0v) is 9.73. The van der Waals surface area contributed by atoms with Gasteiger partial charge in [-0.2, -0.15) is 0 Å². The minimum Gasteiger partial charge on any atom is -0.326 e. The molecule has 0 bridgehead atoms. The molecule has 1 amide bonds. The van der Waals surface area contributed by atoms with E-state index in [1.54, 1.807) is 11.0 Å². The molecule has 84 valence electrons. The Balaban J connectivity index is 2.86. The molecule has 16 heavy (non-hydrogen) atoms. The van der Waals surface area contributed by atoms with Gasteiger partial charge >= 0.3 is 0 Å². The van der Waals surface area contributed by atoms with Crippen molar-refractivity contribution < 1.29 is 4.79 Å². The molecule has 1 heterocycles. The van der Waals surface area contributed by atoms with Crippen molar-refractivity contribution in [3.05, 3.63) is 29.6 Å². The minimum absolute atomic E-state index is 0.0940. The molecule has 3 heteroatoms. The topological polar surface area (TPSA) is 33.2 Å². The summed E-state index contributed by atoms with van der Waals surface area (Å²) in [6.07, 6.45) is 6.13. The number of rotatable bonds is 4. The molecule has 0 N–H and O–H groups in total. The Labute approximate surface area is 96.5 Å². The van der Waals surface area contributed by atoms with E-state index in [4.69, 9.17) is 6.42 Å². The average Bonchev–Trinajstić information content (AvgIpc) is 2.28. The van der Waals surface area contributed by atoms with Crippen LogP contribution in [0.2, 0.25) is 0 Å². The molecule has 0 saturated heterocycles. The standard InChI is InChI=1S/C13H16N2O/c1-4-9-15(10-5-2)13(16)12-8-6-7-11(3)14-12/h1,6-8H,5,9-10H2,2-3H3. The van der Waals surface area contributed by atoms with Crippen molar-refractivity contribution in [2.45, 2.75) is 20.3 Å². The van der Waals surface area contributed by atoms with Gasteiger partial charge in [0.15, 0.2) is 0 Å². The predicted molar refractivity (Wildman–Crippen MR) is 64.0 cm³/mol. The zero-order chi connectivity index (χ0) is 12.0. The summed E-state index contributed by atoms with van der Waals surface area (Å²) in [6, 6.07) is 5.41. The van der Waals surface area contributed by atoms with Crippen LogP contribution < -0.4 is 0 Å². The molecule has 0 unspecified atom stereocenters. The molecule has 1 aromatic rings. The molecule has 3 nitrogen and oxygen atoms in total. The van der Waals surface area contributed by atoms with Gasteiger partial charge in [-0.25, -0.2) is 4.98 Å². The summed E-state index contributed by atoms with van der Waals surface area (Å²) >= 11 is 0. The van der Waals surface area contributed by atoms with Crippen LogP contribution in [-0.2, 0) is 0 Å². The Morgan fingerprint density at radius 3 is 2.88 bits per heavy atom. The van der Waals surface area contributed by atoms with Gasteiger partial charge in [-0.15, -0.1) is 6.42 Å². The van der Waals surface area contributed by atoms with Crippen LogP contribution in [0.3, 0.4) is 0 Å². The third-order valence-electron chi connectivity index (χ3n) is 2.17. The summed E-state index contributed by atoms with van der Waals surface area (Å²) in [4.78, 5) is 17.9. The number of terminal acetylenes is 1. The number of pyridine rings is 1. The van der Waals surface area contributed by atoms with Gasteiger partial charge in [-0.1, -0.05) is 18.9 Å². The number of nitrogens with zero attached hydrogens (tertiary/aromatic N) is 2. The van der Waals surface area contributed by atoms with Gasteiger partial charge in [0.1, 0.15) is 5.69 Å². The maximum Gasteiger partial charge on any atom is 0.273 e. The Morgan fingerprint density at radius 1 is 1.56 bits per heavy atom. The lowest BCUT2D eigenvalue weighted by molar-refractivity contribution is 0.0771. The van der Waals surface area contributed by atoms with E-state index in [-0.39, 0.29) is 5.91 Å². The van der Waals surface area contributed by atoms with Crippen LogP contribution in [0.5, 0.6) is 0 Å². The summed E-state index contributed by atoms with van der Waals surface area (Å²) < 4.78 is 0. The fourth-order valence-corrected chi connectivity index (χ4v) is 1.46. The molecule has 0 aliphatic rings. The largest absolute Gasteiger partial charge is 0.326 e. The minimum atomic E-state index is -0.0940. The molecule has 0 aliphatic heterocycles. The van der Waals surface area contributed by atoms with Gasteiger partial charge in [-0.05, 0) is 25.5 Å². The Morgan fingerprint density at radius 2 is 2.31 bits per heavy atom. The fraction of sp³-hybridized carbons (Fsp3) is 0.385. The van der Waals surface area contributed by atoms with E-state index in [0.29, 0.717) is 18.8 Å². The maximum atomic E-state index is 12.0. The lowest BCUT2D eigenvalue weighted by Crippen LogP contribution is -2.32. The van der Waals surface area contributed by atoms with E-state index in [9.17, 15) is 4.79 Å². The van der Waals surface area contributed by atoms with Gasteiger partial charge in [0, 0.05) is 12.2 Å². The highest BCUT2D eigenvalue weighted by atomic mass is 16.2. The SMILES string of the molecule is C#CCN(CCC)C(=O)c1cccc(C)n1. The number of aryl methyl sites for hydroxylation is 1. The molecule has 0 aliphatic carbocycles. The second-order valence-corrected chi connectivity index (χ2v) is 3.60. The number of amides is 1. The molecule has 1 aromatic heterocycles. The summed E-state index contributed by atoms with van der Waals surface area (Å²) in [5.74, 6) is 2.40. The Bertz CT molecular complexity index is 407. The van der Waals surface area contributed by atoms with Gasteiger partial charge in [0.2, 0.25) is 0 Å². The van der Waals surface area contributed by atoms with Crippen LogP contribution >= 0.6 is 0 Å². The summed E-state index contributed by atoms with van der Waals surface area (Å²) in [6.45, 7) is 4.88. The number of aromatic nitrogens is 1. The van der Waals surface area contributed by atoms with E-state index in [0.717, 1.165) is 12.1 Å². The van der Waals surface area contributed by atoms with Crippen molar-refractivity contribution in [3.8, 4) is 12.3 Å². The molecule has 0 fully saturated rings. The zero-order valence-electron chi connectivity index (χ0n) is 9.73. The number of carbonyl (C=O) groups is 1. The van der Waals surface area contributed by atoms with Gasteiger partial charge in [-0.3, -0.25) is 4.79 Å². The molecule has 0 atom stereocenters. The molecule has 0 saturated carbocycles. The normalized spacial score (nSPS) is 9.56. The molecule has 0 spiro atoms. The van der Waals surface area contributed by atoms with Gasteiger partial charge in [0.25, 0.3) is 5.91 Å². The smallest absolute Gasteiger partial charge is 0.273 e. The summed E-state index contributed by atoms with van der Waals surface area (Å²) in [5, 5.41) is 0. The molecule has 1 rings (SSSR count). The van der Waals surface area contributed by atoms with E-state index in [1.165, 1.54) is 0 Å². The number of hydrogen-bond acceptors (Lipinski definition) is 2. The highest BCUT2D eigenvalue weighted by molar-refractivity contribution is 5.92. The third kappa shape index (κ3) is 3.09. The van der Waals surface area contributed by atoms with Crippen LogP contribution in [-0.4, -0.2) is 28.9 Å². The van der Waals surface area contributed by atoms with E-state index in [1.807, 2.05) is 26.0 Å². The highest BCUT2D eigenvalue weighted by Crippen LogP contribution is 2.04. The first kappa shape index (κ1) is 12.3. The van der Waals surface area contributed by atoms with Crippen molar-refractivity contribution in [1.82, 2.24) is 9.88 Å². The first-order valence-corrected chi connectivity index (χ1v) is 5.35. The first-order valence-electron chi connectivity index (χ1n) is 5.35. The van der Waals surface area contributed by atoms with Crippen LogP contribution in [0, 0.1) is 19.3 Å². The van der Waals surface area contributed by atoms with E-state index >= 15 is 0 Å². The van der Waals surface area contributed by atoms with Crippen molar-refractivity contribution in [2.24, 2.45) is 0 Å². The van der Waals surface area contributed by atoms with Crippen LogP contribution in [0.1, 0.15) is 29.5 Å². The second kappa shape index (κ2) is 5.92. The number of hydrogen-bond donors (Lipinski definition) is 0. The lowest BCUT2D eigenvalue weighted by atomic mass is 10.2. The lowest BCUT2D eigenvalue weighted by Gasteiger charge is -2.18. The van der Waals surface area contributed by atoms with Crippen LogP contribution in [0.25, 0.3) is 0 Å². The van der Waals surface area contributed by atoms with Crippen LogP contribution in [0.4, 0.5) is 0 Å². The maximum absolute atomic E-state index is 12.0. The second-order valence-electron chi connectivity index (χ2n) is 3.60. The fourth-order valence-electron chi connectivity index (χ4n) is 1.46. The molecular weight excluding hydrogens is 200 g/mol. The number of carbonyl (C=O) groups excluding carboxylic acids is 1. The Kier molecular flexibility index (Phi) is 4.53. The molecular formula is C13H16N2O. The summed E-state index contributed by atoms with van der Waals surface area (Å²) in [7, 11) is 0. The quantitative estimate of drug-likeness (QED) is 0.720. The average molecular weight is 216 g/mol. The Hall–Kier alpha value is -1.82. The molecule has 0 radical (unpaired) electrons. The van der Waals surface area contributed by atoms with Crippen molar-refractivity contribution >= 4 is 5.91 Å². The molecule has 0 aromatic carbocycles. The van der Waals surface area contributed by atoms with Crippen molar-refractivity contribution in [2.75, 3.05) is 13.1 Å². The summed E-state index contributed by atoms with van der Waals surface area (Å²) in [5.41, 5.74) is 1.30. The predicted octanol–water partition coefficient (Wildman–Crippen LogP) is 1.88. The van der Waals surface area contributed by atoms with E-state index in [2.05, 4.69) is 10.9 Å². The van der Waals surface area contributed by atoms with E-state index < -0.39 is 0 Å². The van der Waals surface area contributed by atoms with Crippen molar-refractivity contribution in [1.29, 1.82) is 0 Å². The van der Waals surface area contributed by atoms with Gasteiger partial charge in [0.05, 0.1) is 6.54 Å². The van der Waals surface area contributed by atoms with Crippen LogP contribution in [0.15, 0.2) is 18.2 Å². The van der Waals surface area contributed by atoms with Gasteiger partial charge < -0.3 is 4.90 Å². The monoisotopic (exact) mass is 216 g/mol. The highest BCUT2D eigenvalue weighted by Gasteiger charge is 2.14.